The van der Waals surface area contributed by atoms with E-state index in [-0.39, 0.29) is 22.6 Å². The van der Waals surface area contributed by atoms with Gasteiger partial charge >= 0.3 is 5.97 Å². The molecule has 1 aliphatic rings. The summed E-state index contributed by atoms with van der Waals surface area (Å²) in [6.07, 6.45) is 2.68. The highest BCUT2D eigenvalue weighted by Crippen LogP contribution is 2.36. The van der Waals surface area contributed by atoms with Crippen LogP contribution in [0, 0.1) is 10.1 Å². The van der Waals surface area contributed by atoms with Gasteiger partial charge in [0.2, 0.25) is 0 Å². The molecule has 9 heteroatoms. The van der Waals surface area contributed by atoms with Crippen molar-refractivity contribution in [3.63, 3.8) is 0 Å². The van der Waals surface area contributed by atoms with Gasteiger partial charge in [-0.2, -0.15) is 0 Å². The monoisotopic (exact) mass is 412 g/mol. The van der Waals surface area contributed by atoms with Crippen LogP contribution >= 0.6 is 0 Å². The van der Waals surface area contributed by atoms with E-state index in [0.29, 0.717) is 25.7 Å². The Hall–Kier alpha value is -3.75. The summed E-state index contributed by atoms with van der Waals surface area (Å²) in [5.74, 6) is -1.55. The Bertz CT molecular complexity index is 975. The molecule has 0 radical (unpaired) electrons. The van der Waals surface area contributed by atoms with E-state index >= 15 is 0 Å². The molecule has 0 unspecified atom stereocenters. The summed E-state index contributed by atoms with van der Waals surface area (Å²) in [6.45, 7) is 0.326. The van der Waals surface area contributed by atoms with Crippen LogP contribution in [-0.4, -0.2) is 47.7 Å². The second kappa shape index (κ2) is 9.17. The van der Waals surface area contributed by atoms with Crippen LogP contribution in [0.3, 0.4) is 0 Å². The maximum atomic E-state index is 13.0. The summed E-state index contributed by atoms with van der Waals surface area (Å²) in [6, 6.07) is 9.65. The van der Waals surface area contributed by atoms with Crippen LogP contribution in [0.4, 0.5) is 5.69 Å². The van der Waals surface area contributed by atoms with Gasteiger partial charge in [-0.1, -0.05) is 18.2 Å². The minimum absolute atomic E-state index is 0.00658. The van der Waals surface area contributed by atoms with Gasteiger partial charge in [0.25, 0.3) is 11.6 Å². The zero-order valence-electron chi connectivity index (χ0n) is 16.3. The molecule has 0 aliphatic carbocycles. The number of hydrogen-bond acceptors (Lipinski definition) is 7. The SMILES string of the molecule is COc1cc(C(=O)N2CCCC[C@H]2C=O)c([N+](=O)[O-])cc1OC(=O)c1ccccc1. The summed E-state index contributed by atoms with van der Waals surface area (Å²) in [4.78, 5) is 49.0. The van der Waals surface area contributed by atoms with Crippen LogP contribution in [0.2, 0.25) is 0 Å². The largest absolute Gasteiger partial charge is 0.493 e. The lowest BCUT2D eigenvalue weighted by Gasteiger charge is -2.32. The number of nitro groups is 1. The van der Waals surface area contributed by atoms with Crippen molar-refractivity contribution in [2.45, 2.75) is 25.3 Å². The van der Waals surface area contributed by atoms with Gasteiger partial charge in [-0.05, 0) is 31.4 Å². The van der Waals surface area contributed by atoms with Crippen molar-refractivity contribution in [2.75, 3.05) is 13.7 Å². The van der Waals surface area contributed by atoms with Gasteiger partial charge in [0, 0.05) is 12.6 Å². The Morgan fingerprint density at radius 3 is 2.53 bits per heavy atom. The van der Waals surface area contributed by atoms with E-state index < -0.39 is 28.5 Å². The first-order valence-corrected chi connectivity index (χ1v) is 9.36. The number of hydrogen-bond donors (Lipinski definition) is 0. The average molecular weight is 412 g/mol. The van der Waals surface area contributed by atoms with E-state index in [1.54, 1.807) is 18.2 Å². The lowest BCUT2D eigenvalue weighted by atomic mass is 10.0. The molecule has 0 spiro atoms. The molecule has 0 bridgehead atoms. The third-order valence-corrected chi connectivity index (χ3v) is 4.89. The molecule has 1 amide bonds. The van der Waals surface area contributed by atoms with Crippen LogP contribution < -0.4 is 9.47 Å². The maximum absolute atomic E-state index is 13.0. The normalized spacial score (nSPS) is 15.9. The highest BCUT2D eigenvalue weighted by Gasteiger charge is 2.33. The van der Waals surface area contributed by atoms with Gasteiger partial charge in [-0.3, -0.25) is 14.9 Å². The number of aldehydes is 1. The number of ether oxygens (including phenoxy) is 2. The Morgan fingerprint density at radius 1 is 1.17 bits per heavy atom. The highest BCUT2D eigenvalue weighted by molar-refractivity contribution is 6.00. The summed E-state index contributed by atoms with van der Waals surface area (Å²) in [5, 5.41) is 11.7. The first kappa shape index (κ1) is 21.0. The molecule has 2 aromatic rings. The molecule has 3 rings (SSSR count). The van der Waals surface area contributed by atoms with Crippen molar-refractivity contribution in [1.29, 1.82) is 0 Å². The summed E-state index contributed by atoms with van der Waals surface area (Å²) in [5.41, 5.74) is -0.513. The Kier molecular flexibility index (Phi) is 6.41. The maximum Gasteiger partial charge on any atom is 0.343 e. The number of methoxy groups -OCH3 is 1. The van der Waals surface area contributed by atoms with Crippen molar-refractivity contribution in [3.8, 4) is 11.5 Å². The summed E-state index contributed by atoms with van der Waals surface area (Å²) < 4.78 is 10.5. The number of piperidine rings is 1. The predicted octanol–water partition coefficient (Wildman–Crippen LogP) is 3.02. The minimum Gasteiger partial charge on any atom is -0.493 e. The fourth-order valence-electron chi connectivity index (χ4n) is 3.35. The average Bonchev–Trinajstić information content (AvgIpc) is 2.78. The minimum atomic E-state index is -0.730. The number of carbonyl (C=O) groups is 3. The second-order valence-electron chi connectivity index (χ2n) is 6.73. The van der Waals surface area contributed by atoms with E-state index in [4.69, 9.17) is 9.47 Å². The third kappa shape index (κ3) is 4.29. The van der Waals surface area contributed by atoms with Gasteiger partial charge in [-0.25, -0.2) is 4.79 Å². The van der Waals surface area contributed by atoms with Gasteiger partial charge in [0.05, 0.1) is 29.7 Å². The van der Waals surface area contributed by atoms with E-state index in [9.17, 15) is 24.5 Å². The van der Waals surface area contributed by atoms with Gasteiger partial charge in [-0.15, -0.1) is 0 Å². The summed E-state index contributed by atoms with van der Waals surface area (Å²) >= 11 is 0. The molecule has 156 valence electrons. The molecule has 1 atom stereocenters. The highest BCUT2D eigenvalue weighted by atomic mass is 16.6. The van der Waals surface area contributed by atoms with Crippen molar-refractivity contribution in [3.05, 3.63) is 63.7 Å². The van der Waals surface area contributed by atoms with Crippen LogP contribution in [0.1, 0.15) is 40.0 Å². The first-order valence-electron chi connectivity index (χ1n) is 9.36. The zero-order valence-corrected chi connectivity index (χ0v) is 16.3. The third-order valence-electron chi connectivity index (χ3n) is 4.89. The van der Waals surface area contributed by atoms with E-state index in [1.807, 2.05) is 0 Å². The number of nitrogens with zero attached hydrogens (tertiary/aromatic N) is 2. The number of rotatable bonds is 6. The Morgan fingerprint density at radius 2 is 1.90 bits per heavy atom. The van der Waals surface area contributed by atoms with Crippen molar-refractivity contribution >= 4 is 23.9 Å². The molecule has 0 saturated carbocycles. The van der Waals surface area contributed by atoms with Crippen LogP contribution in [0.15, 0.2) is 42.5 Å². The quantitative estimate of drug-likeness (QED) is 0.235. The van der Waals surface area contributed by atoms with Gasteiger partial charge < -0.3 is 19.2 Å². The Labute approximate surface area is 172 Å². The van der Waals surface area contributed by atoms with Crippen molar-refractivity contribution in [1.82, 2.24) is 4.90 Å². The van der Waals surface area contributed by atoms with Crippen molar-refractivity contribution in [2.24, 2.45) is 0 Å². The standard InChI is InChI=1S/C21H20N2O7/c1-29-18-11-16(20(25)22-10-6-5-9-15(22)13-24)17(23(27)28)12-19(18)30-21(26)14-7-3-2-4-8-14/h2-4,7-8,11-13,15H,5-6,9-10H2,1H3/t15-/m0/s1. The number of amides is 1. The lowest BCUT2D eigenvalue weighted by Crippen LogP contribution is -2.44. The number of benzene rings is 2. The molecule has 30 heavy (non-hydrogen) atoms. The van der Waals surface area contributed by atoms with E-state index in [2.05, 4.69) is 0 Å². The number of esters is 1. The molecule has 1 fully saturated rings. The lowest BCUT2D eigenvalue weighted by molar-refractivity contribution is -0.385. The molecule has 0 aromatic heterocycles. The molecule has 1 saturated heterocycles. The van der Waals surface area contributed by atoms with Crippen LogP contribution in [-0.2, 0) is 4.79 Å². The second-order valence-corrected chi connectivity index (χ2v) is 6.73. The van der Waals surface area contributed by atoms with E-state index in [1.165, 1.54) is 30.2 Å². The number of nitro benzene ring substituents is 1. The van der Waals surface area contributed by atoms with Crippen molar-refractivity contribution < 1.29 is 28.8 Å². The van der Waals surface area contributed by atoms with Crippen LogP contribution in [0.5, 0.6) is 11.5 Å². The van der Waals surface area contributed by atoms with Crippen LogP contribution in [0.25, 0.3) is 0 Å². The predicted molar refractivity (Wildman–Crippen MR) is 106 cm³/mol. The fraction of sp³-hybridized carbons (Fsp3) is 0.286. The topological polar surface area (TPSA) is 116 Å². The Balaban J connectivity index is 1.99. The van der Waals surface area contributed by atoms with Gasteiger partial charge in [0.15, 0.2) is 11.5 Å². The van der Waals surface area contributed by atoms with Gasteiger partial charge in [0.1, 0.15) is 11.8 Å². The van der Waals surface area contributed by atoms with E-state index in [0.717, 1.165) is 12.5 Å². The molecule has 1 aliphatic heterocycles. The molecule has 1 heterocycles. The molecular formula is C21H20N2O7. The number of likely N-dealkylation sites (tertiary alicyclic amines) is 1. The zero-order chi connectivity index (χ0) is 21.7. The fourth-order valence-corrected chi connectivity index (χ4v) is 3.35. The molecule has 2 aromatic carbocycles. The molecular weight excluding hydrogens is 392 g/mol. The molecule has 9 nitrogen and oxygen atoms in total. The first-order chi connectivity index (χ1) is 14.5. The smallest absolute Gasteiger partial charge is 0.343 e. The number of carbonyl (C=O) groups excluding carboxylic acids is 3. The summed E-state index contributed by atoms with van der Waals surface area (Å²) in [7, 11) is 1.30. The molecule has 0 N–H and O–H groups in total.